The van der Waals surface area contributed by atoms with Crippen molar-refractivity contribution in [3.05, 3.63) is 65.5 Å². The third-order valence-electron chi connectivity index (χ3n) is 3.83. The van der Waals surface area contributed by atoms with Gasteiger partial charge in [-0.05, 0) is 31.1 Å². The first-order chi connectivity index (χ1) is 12.2. The number of carbonyl (C=O) groups excluding carboxylic acids is 1. The second-order valence-electron chi connectivity index (χ2n) is 5.69. The van der Waals surface area contributed by atoms with Crippen molar-refractivity contribution in [1.29, 1.82) is 0 Å². The topological polar surface area (TPSA) is 75.2 Å². The number of rotatable bonds is 6. The first kappa shape index (κ1) is 16.8. The Labute approximate surface area is 146 Å². The van der Waals surface area contributed by atoms with Gasteiger partial charge in [0.2, 0.25) is 0 Å². The number of aromatic nitrogens is 2. The number of phenolic OH excluding ortho intramolecular Hbond substituents is 1. The van der Waals surface area contributed by atoms with E-state index in [1.807, 2.05) is 18.2 Å². The Hall–Kier alpha value is -3.08. The number of nitrogens with one attached hydrogen (secondary N) is 1. The number of ether oxygens (including phenoxy) is 1. The Kier molecular flexibility index (Phi) is 5.14. The lowest BCUT2D eigenvalue weighted by atomic mass is 10.1. The summed E-state index contributed by atoms with van der Waals surface area (Å²) in [7, 11) is 0. The Balaban J connectivity index is 1.83. The van der Waals surface area contributed by atoms with Crippen LogP contribution in [0.15, 0.2) is 48.5 Å². The lowest BCUT2D eigenvalue weighted by Gasteiger charge is -1.98. The molecule has 0 saturated carbocycles. The zero-order valence-corrected chi connectivity index (χ0v) is 14.0. The van der Waals surface area contributed by atoms with Gasteiger partial charge in [0.1, 0.15) is 11.6 Å². The van der Waals surface area contributed by atoms with Crippen molar-refractivity contribution in [1.82, 2.24) is 9.97 Å². The summed E-state index contributed by atoms with van der Waals surface area (Å²) in [5.41, 5.74) is 3.38. The summed E-state index contributed by atoms with van der Waals surface area (Å²) in [6.45, 7) is 2.08. The number of H-pyrrole nitrogens is 1. The fourth-order valence-electron chi connectivity index (χ4n) is 2.68. The molecule has 3 aromatic rings. The Morgan fingerprint density at radius 2 is 2.04 bits per heavy atom. The molecule has 0 spiro atoms. The van der Waals surface area contributed by atoms with Gasteiger partial charge in [-0.3, -0.25) is 0 Å². The Bertz CT molecular complexity index is 898. The molecular weight excluding hydrogens is 316 g/mol. The van der Waals surface area contributed by atoms with Gasteiger partial charge in [0.25, 0.3) is 0 Å². The molecule has 0 bridgehead atoms. The van der Waals surface area contributed by atoms with E-state index in [0.717, 1.165) is 29.7 Å². The summed E-state index contributed by atoms with van der Waals surface area (Å²) < 4.78 is 4.88. The summed E-state index contributed by atoms with van der Waals surface area (Å²) in [5, 5.41) is 9.90. The van der Waals surface area contributed by atoms with E-state index in [0.29, 0.717) is 12.2 Å². The van der Waals surface area contributed by atoms with Crippen molar-refractivity contribution in [2.45, 2.75) is 19.8 Å². The number of nitrogens with zero attached hydrogens (tertiary/aromatic N) is 1. The van der Waals surface area contributed by atoms with E-state index in [1.165, 1.54) is 11.6 Å². The molecule has 0 saturated heterocycles. The molecule has 0 aliphatic rings. The smallest absolute Gasteiger partial charge is 0.330 e. The molecule has 1 heterocycles. The highest BCUT2D eigenvalue weighted by atomic mass is 16.5. The number of aromatic amines is 1. The highest BCUT2D eigenvalue weighted by Gasteiger charge is 2.09. The fraction of sp³-hybridized carbons (Fsp3) is 0.200. The normalized spacial score (nSPS) is 11.2. The number of hydrogen-bond donors (Lipinski definition) is 2. The van der Waals surface area contributed by atoms with Crippen molar-refractivity contribution in [2.24, 2.45) is 0 Å². The molecule has 3 rings (SSSR count). The van der Waals surface area contributed by atoms with E-state index in [1.54, 1.807) is 25.1 Å². The van der Waals surface area contributed by atoms with Crippen molar-refractivity contribution < 1.29 is 14.6 Å². The number of benzene rings is 2. The van der Waals surface area contributed by atoms with Crippen molar-refractivity contribution in [3.8, 4) is 5.75 Å². The lowest BCUT2D eigenvalue weighted by molar-refractivity contribution is -0.137. The molecule has 5 nitrogen and oxygen atoms in total. The van der Waals surface area contributed by atoms with Crippen LogP contribution in [0.3, 0.4) is 0 Å². The summed E-state index contributed by atoms with van der Waals surface area (Å²) in [6.07, 6.45) is 4.60. The van der Waals surface area contributed by atoms with Crippen LogP contribution in [0.2, 0.25) is 0 Å². The number of esters is 1. The average molecular weight is 336 g/mol. The van der Waals surface area contributed by atoms with Gasteiger partial charge in [-0.25, -0.2) is 9.78 Å². The maximum Gasteiger partial charge on any atom is 0.330 e. The molecule has 0 amide bonds. The summed E-state index contributed by atoms with van der Waals surface area (Å²) in [4.78, 5) is 19.4. The molecule has 0 fully saturated rings. The van der Waals surface area contributed by atoms with Crippen LogP contribution in [0.4, 0.5) is 0 Å². The van der Waals surface area contributed by atoms with Gasteiger partial charge in [-0.2, -0.15) is 0 Å². The predicted octanol–water partition coefficient (Wildman–Crippen LogP) is 3.63. The quantitative estimate of drug-likeness (QED) is 0.532. The summed E-state index contributed by atoms with van der Waals surface area (Å²) in [5.74, 6) is 0.545. The Morgan fingerprint density at radius 1 is 1.24 bits per heavy atom. The number of carbonyl (C=O) groups is 1. The lowest BCUT2D eigenvalue weighted by Crippen LogP contribution is -1.98. The van der Waals surface area contributed by atoms with Crippen molar-refractivity contribution in [3.63, 3.8) is 0 Å². The highest BCUT2D eigenvalue weighted by molar-refractivity contribution is 5.92. The number of phenols is 1. The van der Waals surface area contributed by atoms with Crippen molar-refractivity contribution in [2.75, 3.05) is 6.61 Å². The first-order valence-electron chi connectivity index (χ1n) is 8.26. The van der Waals surface area contributed by atoms with Crippen LogP contribution in [0.25, 0.3) is 17.1 Å². The molecule has 5 heteroatoms. The van der Waals surface area contributed by atoms with E-state index < -0.39 is 5.97 Å². The van der Waals surface area contributed by atoms with Gasteiger partial charge >= 0.3 is 5.97 Å². The number of fused-ring (bicyclic) bond motifs is 1. The molecule has 2 aromatic carbocycles. The van der Waals surface area contributed by atoms with Gasteiger partial charge in [0, 0.05) is 24.1 Å². The summed E-state index contributed by atoms with van der Waals surface area (Å²) >= 11 is 0. The molecule has 128 valence electrons. The minimum atomic E-state index is -0.418. The van der Waals surface area contributed by atoms with Gasteiger partial charge in [0.15, 0.2) is 0 Å². The first-order valence-corrected chi connectivity index (χ1v) is 8.26. The van der Waals surface area contributed by atoms with Crippen LogP contribution >= 0.6 is 0 Å². The number of aromatic hydroxyl groups is 1. The molecule has 0 unspecified atom stereocenters. The number of imidazole rings is 1. The SMILES string of the molecule is CCOC(=O)/C=C/c1cc(O)cc2[nH]c(CCc3ccccc3)nc12. The van der Waals surface area contributed by atoms with E-state index in [2.05, 4.69) is 22.1 Å². The molecule has 0 atom stereocenters. The maximum absolute atomic E-state index is 11.5. The van der Waals surface area contributed by atoms with Gasteiger partial charge in [-0.1, -0.05) is 30.3 Å². The fourth-order valence-corrected chi connectivity index (χ4v) is 2.68. The van der Waals surface area contributed by atoms with E-state index in [9.17, 15) is 9.90 Å². The molecule has 0 radical (unpaired) electrons. The van der Waals surface area contributed by atoms with E-state index in [4.69, 9.17) is 4.74 Å². The third-order valence-corrected chi connectivity index (χ3v) is 3.83. The minimum absolute atomic E-state index is 0.120. The Morgan fingerprint density at radius 3 is 2.80 bits per heavy atom. The van der Waals surface area contributed by atoms with Crippen LogP contribution in [0.1, 0.15) is 23.9 Å². The standard InChI is InChI=1S/C20H20N2O3/c1-2-25-19(24)11-9-15-12-16(23)13-17-20(15)22-18(21-17)10-8-14-6-4-3-5-7-14/h3-7,9,11-13,23H,2,8,10H2,1H3,(H,21,22)/b11-9+. The van der Waals surface area contributed by atoms with Gasteiger partial charge in [-0.15, -0.1) is 0 Å². The third kappa shape index (κ3) is 4.26. The molecule has 25 heavy (non-hydrogen) atoms. The molecule has 2 N–H and O–H groups in total. The van der Waals surface area contributed by atoms with Crippen LogP contribution in [-0.4, -0.2) is 27.7 Å². The van der Waals surface area contributed by atoms with E-state index >= 15 is 0 Å². The van der Waals surface area contributed by atoms with Crippen LogP contribution < -0.4 is 0 Å². The van der Waals surface area contributed by atoms with Gasteiger partial charge in [0.05, 0.1) is 17.6 Å². The summed E-state index contributed by atoms with van der Waals surface area (Å²) in [6, 6.07) is 13.4. The number of aryl methyl sites for hydroxylation is 2. The maximum atomic E-state index is 11.5. The molecule has 0 aliphatic carbocycles. The predicted molar refractivity (Wildman–Crippen MR) is 97.3 cm³/mol. The molecule has 1 aromatic heterocycles. The number of hydrogen-bond acceptors (Lipinski definition) is 4. The van der Waals surface area contributed by atoms with Crippen LogP contribution in [-0.2, 0) is 22.4 Å². The molecular formula is C20H20N2O3. The largest absolute Gasteiger partial charge is 0.508 e. The zero-order valence-electron chi connectivity index (χ0n) is 14.0. The highest BCUT2D eigenvalue weighted by Crippen LogP contribution is 2.24. The molecule has 0 aliphatic heterocycles. The minimum Gasteiger partial charge on any atom is -0.508 e. The zero-order chi connectivity index (χ0) is 17.6. The van der Waals surface area contributed by atoms with Gasteiger partial charge < -0.3 is 14.8 Å². The van der Waals surface area contributed by atoms with E-state index in [-0.39, 0.29) is 5.75 Å². The second kappa shape index (κ2) is 7.66. The monoisotopic (exact) mass is 336 g/mol. The average Bonchev–Trinajstić information content (AvgIpc) is 3.02. The van der Waals surface area contributed by atoms with Crippen molar-refractivity contribution >= 4 is 23.1 Å². The van der Waals surface area contributed by atoms with Crippen LogP contribution in [0.5, 0.6) is 5.75 Å². The van der Waals surface area contributed by atoms with Crippen LogP contribution in [0, 0.1) is 0 Å². The second-order valence-corrected chi connectivity index (χ2v) is 5.69.